The second kappa shape index (κ2) is 17.4. The molecule has 0 saturated carbocycles. The van der Waals surface area contributed by atoms with Crippen LogP contribution in [0.5, 0.6) is 5.75 Å². The fourth-order valence-electron chi connectivity index (χ4n) is 9.30. The molecular weight excluding hydrogens is 1010 g/mol. The van der Waals surface area contributed by atoms with E-state index in [-0.39, 0.29) is 37.6 Å². The maximum atomic E-state index is 12.0. The number of nitrogens with zero attached hydrogens (tertiary/aromatic N) is 3. The molecule has 0 aliphatic carbocycles. The van der Waals surface area contributed by atoms with Gasteiger partial charge < -0.3 is 9.52 Å². The Morgan fingerprint density at radius 1 is 0.529 bits per heavy atom. The van der Waals surface area contributed by atoms with Gasteiger partial charge in [0.1, 0.15) is 22.5 Å². The summed E-state index contributed by atoms with van der Waals surface area (Å²) in [5, 5.41) is 13.9. The number of imidazole rings is 1. The van der Waals surface area contributed by atoms with E-state index in [1.54, 1.807) is 6.07 Å². The summed E-state index contributed by atoms with van der Waals surface area (Å²) in [5.74, 6) is 0.659. The number of hydrogen-bond donors (Lipinski definition) is 1. The van der Waals surface area contributed by atoms with Crippen molar-refractivity contribution in [3.8, 4) is 78.6 Å². The number of furan rings is 1. The van der Waals surface area contributed by atoms with Gasteiger partial charge in [-0.05, 0) is 86.7 Å². The summed E-state index contributed by atoms with van der Waals surface area (Å²) in [6, 6.07) is 67.0. The number of pyridine rings is 1. The predicted octanol–water partition coefficient (Wildman–Crippen LogP) is 16.4. The van der Waals surface area contributed by atoms with Crippen LogP contribution in [0.3, 0.4) is 0 Å². The Kier molecular flexibility index (Phi) is 11.4. The molecule has 0 radical (unpaired) electrons. The summed E-state index contributed by atoms with van der Waals surface area (Å²) in [4.78, 5) is 10.6. The fraction of sp³-hybridized carbons (Fsp3) is 0.129. The van der Waals surface area contributed by atoms with Gasteiger partial charge in [0.25, 0.3) is 0 Å². The Hall–Kier alpha value is -7.33. The van der Waals surface area contributed by atoms with Crippen LogP contribution in [0, 0.1) is 6.07 Å². The van der Waals surface area contributed by atoms with Crippen LogP contribution < -0.4 is 0 Å². The predicted molar refractivity (Wildman–Crippen MR) is 277 cm³/mol. The first-order valence-electron chi connectivity index (χ1n) is 22.9. The van der Waals surface area contributed by atoms with E-state index in [2.05, 4.69) is 192 Å². The zero-order chi connectivity index (χ0) is 46.0. The van der Waals surface area contributed by atoms with E-state index >= 15 is 0 Å². The summed E-state index contributed by atoms with van der Waals surface area (Å²) in [6.07, 6.45) is 1.89. The third-order valence-electron chi connectivity index (χ3n) is 13.0. The smallest absolute Gasteiger partial charge is 0.152 e. The Morgan fingerprint density at radius 2 is 1.18 bits per heavy atom. The Balaban J connectivity index is 0.00000539. The van der Waals surface area contributed by atoms with E-state index < -0.39 is 0 Å². The normalized spacial score (nSPS) is 11.9. The average Bonchev–Trinajstić information content (AvgIpc) is 3.92. The second-order valence-corrected chi connectivity index (χ2v) is 19.5. The van der Waals surface area contributed by atoms with Gasteiger partial charge in [0.2, 0.25) is 0 Å². The van der Waals surface area contributed by atoms with Crippen LogP contribution >= 0.6 is 0 Å². The molecule has 0 saturated heterocycles. The van der Waals surface area contributed by atoms with E-state index in [0.717, 1.165) is 83.3 Å². The van der Waals surface area contributed by atoms with Gasteiger partial charge in [-0.25, -0.2) is 4.98 Å². The van der Waals surface area contributed by atoms with Gasteiger partial charge in [0, 0.05) is 49.3 Å². The number of aromatic nitrogens is 3. The van der Waals surface area contributed by atoms with Crippen LogP contribution in [0.15, 0.2) is 193 Å². The van der Waals surface area contributed by atoms with Gasteiger partial charge in [-0.15, -0.1) is 29.3 Å². The first-order valence-corrected chi connectivity index (χ1v) is 22.9. The quantitative estimate of drug-likeness (QED) is 0.162. The molecule has 11 aromatic rings. The Bertz CT molecular complexity index is 3650. The van der Waals surface area contributed by atoms with Crippen molar-refractivity contribution in [1.29, 1.82) is 0 Å². The van der Waals surface area contributed by atoms with Gasteiger partial charge in [0.05, 0.1) is 16.7 Å². The molecule has 0 unspecified atom stereocenters. The monoisotopic (exact) mass is 1060 g/mol. The number of benzene rings is 8. The molecule has 6 heteroatoms. The molecule has 68 heavy (non-hydrogen) atoms. The van der Waals surface area contributed by atoms with E-state index in [1.165, 1.54) is 16.7 Å². The number of para-hydroxylation sites is 2. The third-order valence-corrected chi connectivity index (χ3v) is 13.0. The molecule has 0 atom stereocenters. The summed E-state index contributed by atoms with van der Waals surface area (Å²) >= 11 is 0. The van der Waals surface area contributed by atoms with Crippen molar-refractivity contribution < 1.29 is 30.6 Å². The number of hydrogen-bond acceptors (Lipinski definition) is 4. The van der Waals surface area contributed by atoms with Crippen molar-refractivity contribution in [1.82, 2.24) is 14.5 Å². The minimum atomic E-state index is -0.190. The SMILES string of the molecule is CC(C)(C)c1cc(-c2cc(-c3ccc(-c4ccccc4)cc3)ccn2)[c-]c(-c2cccc3c2nc(-c2c(O)ccc4c2oc2ccccc24)n3-c2ccc(C(C)(C)C)cc2-c2ccccc2)c1.[Pt]. The number of phenolic OH excluding ortho intramolecular Hbond substituents is 1. The van der Waals surface area contributed by atoms with Crippen LogP contribution in [0.25, 0.3) is 106 Å². The third kappa shape index (κ3) is 8.05. The minimum Gasteiger partial charge on any atom is -0.507 e. The second-order valence-electron chi connectivity index (χ2n) is 19.5. The van der Waals surface area contributed by atoms with Crippen molar-refractivity contribution in [2.75, 3.05) is 0 Å². The zero-order valence-electron chi connectivity index (χ0n) is 38.9. The van der Waals surface area contributed by atoms with Gasteiger partial charge >= 0.3 is 0 Å². The van der Waals surface area contributed by atoms with E-state index in [9.17, 15) is 5.11 Å². The van der Waals surface area contributed by atoms with Crippen LogP contribution in [0.4, 0.5) is 0 Å². The standard InChI is InChI=1S/C62H50N3O2.Pt/c1-61(2,3)46-28-30-53(51(38-46)42-18-11-8-12-19-42)65-54-22-15-21-48(58(54)64-60(65)57-55(66)31-29-50-49-20-13-14-23-56(49)67-59(50)57)44-34-45(36-47(35-44)62(4,5)6)52-37-43(32-33-63-52)41-26-24-40(25-27-41)39-16-9-7-10-17-39;/h7-33,35-38,66H,1-6H3;/q-1;. The first-order chi connectivity index (χ1) is 32.4. The largest absolute Gasteiger partial charge is 0.507 e. The number of phenols is 1. The Morgan fingerprint density at radius 3 is 1.90 bits per heavy atom. The van der Waals surface area contributed by atoms with E-state index in [0.29, 0.717) is 17.0 Å². The van der Waals surface area contributed by atoms with Crippen LogP contribution in [-0.2, 0) is 31.9 Å². The van der Waals surface area contributed by atoms with Gasteiger partial charge in [-0.1, -0.05) is 180 Å². The van der Waals surface area contributed by atoms with Crippen molar-refractivity contribution in [2.45, 2.75) is 52.4 Å². The molecule has 0 bridgehead atoms. The van der Waals surface area contributed by atoms with Crippen molar-refractivity contribution >= 4 is 33.0 Å². The molecule has 11 rings (SSSR count). The molecule has 0 aliphatic rings. The summed E-state index contributed by atoms with van der Waals surface area (Å²) in [7, 11) is 0. The maximum absolute atomic E-state index is 12.0. The molecule has 3 aromatic heterocycles. The Labute approximate surface area is 412 Å². The minimum absolute atomic E-state index is 0. The molecule has 0 amide bonds. The molecule has 3 heterocycles. The maximum Gasteiger partial charge on any atom is 0.152 e. The number of rotatable bonds is 7. The zero-order valence-corrected chi connectivity index (χ0v) is 41.2. The molecule has 8 aromatic carbocycles. The molecule has 0 aliphatic heterocycles. The number of fused-ring (bicyclic) bond motifs is 4. The van der Waals surface area contributed by atoms with Gasteiger partial charge in [-0.3, -0.25) is 9.55 Å². The fourth-order valence-corrected chi connectivity index (χ4v) is 9.30. The molecular formula is C62H50N3O2Pt-. The summed E-state index contributed by atoms with van der Waals surface area (Å²) in [5.41, 5.74) is 16.8. The van der Waals surface area contributed by atoms with E-state index in [4.69, 9.17) is 14.4 Å². The topological polar surface area (TPSA) is 64.1 Å². The van der Waals surface area contributed by atoms with E-state index in [1.807, 2.05) is 42.6 Å². The molecule has 336 valence electrons. The first kappa shape index (κ1) is 44.5. The van der Waals surface area contributed by atoms with Crippen molar-refractivity contribution in [2.24, 2.45) is 0 Å². The number of aromatic hydroxyl groups is 1. The summed E-state index contributed by atoms with van der Waals surface area (Å²) in [6.45, 7) is 13.5. The van der Waals surface area contributed by atoms with Crippen molar-refractivity contribution in [3.63, 3.8) is 0 Å². The average molecular weight is 1060 g/mol. The van der Waals surface area contributed by atoms with Crippen LogP contribution in [-0.4, -0.2) is 19.6 Å². The molecule has 0 fully saturated rings. The van der Waals surface area contributed by atoms with Crippen LogP contribution in [0.2, 0.25) is 0 Å². The molecule has 5 nitrogen and oxygen atoms in total. The summed E-state index contributed by atoms with van der Waals surface area (Å²) < 4.78 is 8.86. The van der Waals surface area contributed by atoms with Gasteiger partial charge in [-0.2, -0.15) is 0 Å². The molecule has 1 N–H and O–H groups in total. The molecule has 0 spiro atoms. The van der Waals surface area contributed by atoms with Gasteiger partial charge in [0.15, 0.2) is 5.82 Å². The van der Waals surface area contributed by atoms with Crippen molar-refractivity contribution in [3.05, 3.63) is 205 Å². The van der Waals surface area contributed by atoms with Crippen LogP contribution in [0.1, 0.15) is 52.7 Å².